The van der Waals surface area contributed by atoms with Crippen LogP contribution in [0.1, 0.15) is 26.2 Å². The highest BCUT2D eigenvalue weighted by molar-refractivity contribution is 6.05. The minimum absolute atomic E-state index is 0.0688. The Morgan fingerprint density at radius 2 is 2.00 bits per heavy atom. The van der Waals surface area contributed by atoms with Crippen LogP contribution in [-0.2, 0) is 4.79 Å². The van der Waals surface area contributed by atoms with E-state index >= 15 is 0 Å². The van der Waals surface area contributed by atoms with Crippen LogP contribution in [0.3, 0.4) is 0 Å². The predicted octanol–water partition coefficient (Wildman–Crippen LogP) is 4.37. The number of para-hydroxylation sites is 1. The van der Waals surface area contributed by atoms with E-state index in [1.165, 1.54) is 6.42 Å². The van der Waals surface area contributed by atoms with Gasteiger partial charge in [-0.3, -0.25) is 4.79 Å². The molecular formula is C20H21NO3. The van der Waals surface area contributed by atoms with Crippen LogP contribution in [0.15, 0.2) is 46.9 Å². The van der Waals surface area contributed by atoms with Gasteiger partial charge in [-0.2, -0.15) is 0 Å². The Morgan fingerprint density at radius 1 is 1.17 bits per heavy atom. The Bertz CT molecular complexity index is 883. The van der Waals surface area contributed by atoms with Crippen LogP contribution in [0.25, 0.3) is 21.9 Å². The summed E-state index contributed by atoms with van der Waals surface area (Å²) in [4.78, 5) is 14.3. The summed E-state index contributed by atoms with van der Waals surface area (Å²) in [5.41, 5.74) is 1.70. The molecule has 1 aliphatic rings. The second kappa shape index (κ2) is 6.19. The van der Waals surface area contributed by atoms with Gasteiger partial charge in [-0.05, 0) is 50.5 Å². The van der Waals surface area contributed by atoms with Crippen LogP contribution < -0.4 is 4.74 Å². The average Bonchev–Trinajstić information content (AvgIpc) is 2.98. The highest BCUT2D eigenvalue weighted by Gasteiger charge is 2.23. The Labute approximate surface area is 141 Å². The van der Waals surface area contributed by atoms with Crippen LogP contribution in [0.4, 0.5) is 0 Å². The first-order chi connectivity index (χ1) is 11.7. The molecule has 2 heterocycles. The highest BCUT2D eigenvalue weighted by atomic mass is 16.5. The molecule has 3 aromatic rings. The number of nitrogens with zero attached hydrogens (tertiary/aromatic N) is 1. The third kappa shape index (κ3) is 2.73. The zero-order chi connectivity index (χ0) is 16.5. The molecule has 4 rings (SSSR count). The summed E-state index contributed by atoms with van der Waals surface area (Å²) in [6, 6.07) is 14.0. The lowest BCUT2D eigenvalue weighted by Gasteiger charge is -2.33. The van der Waals surface area contributed by atoms with E-state index in [1.54, 1.807) is 0 Å². The zero-order valence-corrected chi connectivity index (χ0v) is 13.8. The summed E-state index contributed by atoms with van der Waals surface area (Å²) in [6.45, 7) is 3.04. The molecule has 1 saturated heterocycles. The fourth-order valence-electron chi connectivity index (χ4n) is 3.49. The second-order valence-corrected chi connectivity index (χ2v) is 6.48. The highest BCUT2D eigenvalue weighted by Crippen LogP contribution is 2.31. The molecule has 1 fully saturated rings. The van der Waals surface area contributed by atoms with E-state index in [-0.39, 0.29) is 12.5 Å². The maximum Gasteiger partial charge on any atom is 0.260 e. The van der Waals surface area contributed by atoms with Crippen LogP contribution in [0.2, 0.25) is 0 Å². The molecule has 0 radical (unpaired) electrons. The number of amides is 1. The van der Waals surface area contributed by atoms with Crippen LogP contribution in [-0.4, -0.2) is 30.0 Å². The normalized spacial score (nSPS) is 18.2. The third-order valence-electron chi connectivity index (χ3n) is 4.83. The molecule has 0 bridgehead atoms. The average molecular weight is 323 g/mol. The van der Waals surface area contributed by atoms with Gasteiger partial charge in [0.15, 0.2) is 6.61 Å². The zero-order valence-electron chi connectivity index (χ0n) is 13.8. The van der Waals surface area contributed by atoms with Crippen molar-refractivity contribution in [2.75, 3.05) is 13.2 Å². The number of ether oxygens (including phenoxy) is 1. The molecule has 1 aliphatic heterocycles. The first-order valence-electron chi connectivity index (χ1n) is 8.56. The molecule has 4 heteroatoms. The molecule has 1 unspecified atom stereocenters. The number of fused-ring (bicyclic) bond motifs is 3. The van der Waals surface area contributed by atoms with Gasteiger partial charge in [0, 0.05) is 23.4 Å². The predicted molar refractivity (Wildman–Crippen MR) is 94.2 cm³/mol. The number of furan rings is 1. The topological polar surface area (TPSA) is 42.7 Å². The Morgan fingerprint density at radius 3 is 2.88 bits per heavy atom. The van der Waals surface area contributed by atoms with Crippen molar-refractivity contribution in [3.63, 3.8) is 0 Å². The lowest BCUT2D eigenvalue weighted by Crippen LogP contribution is -2.44. The van der Waals surface area contributed by atoms with E-state index in [0.717, 1.165) is 41.3 Å². The SMILES string of the molecule is CC1CCCCN1C(=O)COc1ccc2oc3ccccc3c2c1. The summed E-state index contributed by atoms with van der Waals surface area (Å²) in [7, 11) is 0. The van der Waals surface area contributed by atoms with E-state index in [9.17, 15) is 4.79 Å². The summed E-state index contributed by atoms with van der Waals surface area (Å²) in [5, 5.41) is 2.08. The molecule has 0 aliphatic carbocycles. The Hall–Kier alpha value is -2.49. The smallest absolute Gasteiger partial charge is 0.260 e. The quantitative estimate of drug-likeness (QED) is 0.719. The molecule has 2 aromatic carbocycles. The summed E-state index contributed by atoms with van der Waals surface area (Å²) in [5.74, 6) is 0.770. The van der Waals surface area contributed by atoms with E-state index in [2.05, 4.69) is 6.92 Å². The molecular weight excluding hydrogens is 302 g/mol. The summed E-state index contributed by atoms with van der Waals surface area (Å²) >= 11 is 0. The van der Waals surface area contributed by atoms with Crippen molar-refractivity contribution in [1.29, 1.82) is 0 Å². The van der Waals surface area contributed by atoms with Crippen LogP contribution >= 0.6 is 0 Å². The molecule has 4 nitrogen and oxygen atoms in total. The number of hydrogen-bond donors (Lipinski definition) is 0. The van der Waals surface area contributed by atoms with Gasteiger partial charge in [-0.1, -0.05) is 18.2 Å². The molecule has 1 amide bonds. The molecule has 124 valence electrons. The Kier molecular flexibility index (Phi) is 3.89. The number of benzene rings is 2. The summed E-state index contributed by atoms with van der Waals surface area (Å²) < 4.78 is 11.6. The van der Waals surface area contributed by atoms with Crippen LogP contribution in [0.5, 0.6) is 5.75 Å². The first kappa shape index (κ1) is 15.1. The number of likely N-dealkylation sites (tertiary alicyclic amines) is 1. The lowest BCUT2D eigenvalue weighted by atomic mass is 10.0. The van der Waals surface area contributed by atoms with Crippen molar-refractivity contribution in [1.82, 2.24) is 4.90 Å². The number of piperidine rings is 1. The van der Waals surface area contributed by atoms with Gasteiger partial charge < -0.3 is 14.1 Å². The number of carbonyl (C=O) groups is 1. The molecule has 0 spiro atoms. The van der Waals surface area contributed by atoms with E-state index < -0.39 is 0 Å². The Balaban J connectivity index is 1.52. The molecule has 24 heavy (non-hydrogen) atoms. The fraction of sp³-hybridized carbons (Fsp3) is 0.350. The van der Waals surface area contributed by atoms with Gasteiger partial charge in [-0.15, -0.1) is 0 Å². The van der Waals surface area contributed by atoms with E-state index in [4.69, 9.17) is 9.15 Å². The molecule has 1 atom stereocenters. The molecule has 0 N–H and O–H groups in total. The van der Waals surface area contributed by atoms with Gasteiger partial charge >= 0.3 is 0 Å². The van der Waals surface area contributed by atoms with Gasteiger partial charge in [0.25, 0.3) is 5.91 Å². The van der Waals surface area contributed by atoms with Crippen LogP contribution in [0, 0.1) is 0 Å². The molecule has 1 aromatic heterocycles. The van der Waals surface area contributed by atoms with Gasteiger partial charge in [-0.25, -0.2) is 0 Å². The van der Waals surface area contributed by atoms with Crippen molar-refractivity contribution >= 4 is 27.8 Å². The van der Waals surface area contributed by atoms with Gasteiger partial charge in [0.05, 0.1) is 0 Å². The summed E-state index contributed by atoms with van der Waals surface area (Å²) in [6.07, 6.45) is 3.37. The minimum atomic E-state index is 0.0688. The maximum atomic E-state index is 12.4. The first-order valence-corrected chi connectivity index (χ1v) is 8.56. The van der Waals surface area contributed by atoms with E-state index in [0.29, 0.717) is 11.8 Å². The fourth-order valence-corrected chi connectivity index (χ4v) is 3.49. The van der Waals surface area contributed by atoms with Crippen molar-refractivity contribution in [2.45, 2.75) is 32.2 Å². The number of hydrogen-bond acceptors (Lipinski definition) is 3. The van der Waals surface area contributed by atoms with E-state index in [1.807, 2.05) is 47.4 Å². The second-order valence-electron chi connectivity index (χ2n) is 6.48. The largest absolute Gasteiger partial charge is 0.484 e. The van der Waals surface area contributed by atoms with Crippen molar-refractivity contribution in [3.8, 4) is 5.75 Å². The van der Waals surface area contributed by atoms with Crippen molar-refractivity contribution in [3.05, 3.63) is 42.5 Å². The van der Waals surface area contributed by atoms with Crippen molar-refractivity contribution in [2.24, 2.45) is 0 Å². The number of carbonyl (C=O) groups excluding carboxylic acids is 1. The van der Waals surface area contributed by atoms with Crippen molar-refractivity contribution < 1.29 is 13.9 Å². The maximum absolute atomic E-state index is 12.4. The monoisotopic (exact) mass is 323 g/mol. The molecule has 0 saturated carbocycles. The lowest BCUT2D eigenvalue weighted by molar-refractivity contribution is -0.136. The van der Waals surface area contributed by atoms with Gasteiger partial charge in [0.2, 0.25) is 0 Å². The number of rotatable bonds is 3. The third-order valence-corrected chi connectivity index (χ3v) is 4.83. The minimum Gasteiger partial charge on any atom is -0.484 e. The standard InChI is InChI=1S/C20H21NO3/c1-14-6-4-5-11-21(14)20(22)13-23-15-9-10-19-17(12-15)16-7-2-3-8-18(16)24-19/h2-3,7-10,12,14H,4-6,11,13H2,1H3. The van der Waals surface area contributed by atoms with Gasteiger partial charge in [0.1, 0.15) is 16.9 Å².